The van der Waals surface area contributed by atoms with Gasteiger partial charge >= 0.3 is 0 Å². The summed E-state index contributed by atoms with van der Waals surface area (Å²) in [6.07, 6.45) is 1.68. The van der Waals surface area contributed by atoms with Gasteiger partial charge in [-0.05, 0) is 32.0 Å². The van der Waals surface area contributed by atoms with Gasteiger partial charge in [-0.15, -0.1) is 0 Å². The Hall–Kier alpha value is -3.83. The Bertz CT molecular complexity index is 1350. The van der Waals surface area contributed by atoms with Gasteiger partial charge in [0.2, 0.25) is 0 Å². The minimum Gasteiger partial charge on any atom is -0.385 e. The van der Waals surface area contributed by atoms with Crippen LogP contribution in [0.1, 0.15) is 17.0 Å². The number of hydrogen-bond donors (Lipinski definition) is 2. The summed E-state index contributed by atoms with van der Waals surface area (Å²) in [5.41, 5.74) is 10.7. The van der Waals surface area contributed by atoms with Crippen LogP contribution >= 0.6 is 11.6 Å². The van der Waals surface area contributed by atoms with Crippen LogP contribution in [-0.4, -0.2) is 29.5 Å². The fourth-order valence-corrected chi connectivity index (χ4v) is 3.45. The summed E-state index contributed by atoms with van der Waals surface area (Å²) in [5, 5.41) is 19.5. The fourth-order valence-electron chi connectivity index (χ4n) is 3.34. The molecule has 3 heterocycles. The third-order valence-corrected chi connectivity index (χ3v) is 5.33. The van der Waals surface area contributed by atoms with E-state index in [0.717, 1.165) is 22.3 Å². The Morgan fingerprint density at radius 1 is 1.13 bits per heavy atom. The third kappa shape index (κ3) is 3.36. The van der Waals surface area contributed by atoms with E-state index in [1.807, 2.05) is 39.1 Å². The van der Waals surface area contributed by atoms with E-state index in [2.05, 4.69) is 26.2 Å². The average Bonchev–Trinajstić information content (AvgIpc) is 3.19. The summed E-state index contributed by atoms with van der Waals surface area (Å²) in [4.78, 5) is 7.70. The molecule has 9 heteroatoms. The summed E-state index contributed by atoms with van der Waals surface area (Å²) in [6, 6.07) is 13.0. The van der Waals surface area contributed by atoms with E-state index >= 15 is 0 Å². The summed E-state index contributed by atoms with van der Waals surface area (Å²) >= 11 is 6.29. The zero-order valence-corrected chi connectivity index (χ0v) is 17.4. The maximum Gasteiger partial charge on any atom is 0.161 e. The zero-order chi connectivity index (χ0) is 21.4. The number of nitrogens with two attached hydrogens (primary N) is 1. The molecule has 3 aromatic heterocycles. The molecule has 1 aromatic carbocycles. The number of nitriles is 1. The van der Waals surface area contributed by atoms with Crippen LogP contribution in [0.2, 0.25) is 5.02 Å². The normalized spacial score (nSPS) is 10.8. The molecule has 0 aliphatic carbocycles. The lowest BCUT2D eigenvalue weighted by atomic mass is 10.1. The van der Waals surface area contributed by atoms with Gasteiger partial charge in [-0.25, -0.2) is 9.67 Å². The van der Waals surface area contributed by atoms with Crippen molar-refractivity contribution in [3.63, 3.8) is 0 Å². The van der Waals surface area contributed by atoms with Crippen LogP contribution in [0, 0.1) is 25.2 Å². The van der Waals surface area contributed by atoms with Crippen molar-refractivity contribution in [2.24, 2.45) is 7.05 Å². The molecule has 0 atom stereocenters. The second-order valence-electron chi connectivity index (χ2n) is 6.85. The lowest BCUT2D eigenvalue weighted by molar-refractivity contribution is 0.784. The molecule has 0 radical (unpaired) electrons. The Balaban J connectivity index is 1.95. The largest absolute Gasteiger partial charge is 0.385 e. The van der Waals surface area contributed by atoms with Crippen LogP contribution in [0.4, 0.5) is 5.82 Å². The van der Waals surface area contributed by atoms with Gasteiger partial charge in [-0.2, -0.15) is 15.5 Å². The molecule has 0 fully saturated rings. The van der Waals surface area contributed by atoms with Gasteiger partial charge < -0.3 is 10.7 Å². The van der Waals surface area contributed by atoms with Gasteiger partial charge in [0, 0.05) is 30.3 Å². The molecule has 30 heavy (non-hydrogen) atoms. The van der Waals surface area contributed by atoms with Gasteiger partial charge in [-0.3, -0.25) is 4.68 Å². The molecule has 0 aliphatic rings. The first-order valence-corrected chi connectivity index (χ1v) is 9.55. The average molecular weight is 419 g/mol. The molecule has 0 saturated carbocycles. The number of aromatic nitrogens is 6. The fraction of sp³-hybridized carbons (Fsp3) is 0.143. The van der Waals surface area contributed by atoms with Crippen LogP contribution in [-0.2, 0) is 7.05 Å². The molecule has 0 unspecified atom stereocenters. The van der Waals surface area contributed by atoms with Crippen molar-refractivity contribution in [1.29, 1.82) is 5.26 Å². The number of benzene rings is 1. The molecule has 3 N–H and O–H groups in total. The molecule has 8 nitrogen and oxygen atoms in total. The molecule has 150 valence electrons. The van der Waals surface area contributed by atoms with Crippen LogP contribution in [0.5, 0.6) is 0 Å². The predicted octanol–water partition coefficient (Wildman–Crippen LogP) is 4.00. The topological polar surface area (TPSA) is 114 Å². The summed E-state index contributed by atoms with van der Waals surface area (Å²) in [7, 11) is 1.86. The minimum absolute atomic E-state index is 0.367. The van der Waals surface area contributed by atoms with Gasteiger partial charge in [0.1, 0.15) is 5.82 Å². The molecular formula is C21H19ClN8. The van der Waals surface area contributed by atoms with Crippen LogP contribution in [0.15, 0.2) is 42.6 Å². The lowest BCUT2D eigenvalue weighted by Crippen LogP contribution is -2.01. The van der Waals surface area contributed by atoms with Crippen molar-refractivity contribution in [1.82, 2.24) is 29.5 Å². The Morgan fingerprint density at radius 3 is 2.50 bits per heavy atom. The summed E-state index contributed by atoms with van der Waals surface area (Å²) < 4.78 is 3.42. The number of anilines is 1. The van der Waals surface area contributed by atoms with E-state index < -0.39 is 0 Å². The molecular weight excluding hydrogens is 400 g/mol. The van der Waals surface area contributed by atoms with E-state index in [-0.39, 0.29) is 0 Å². The van der Waals surface area contributed by atoms with Crippen molar-refractivity contribution in [2.75, 3.05) is 5.73 Å². The highest BCUT2D eigenvalue weighted by Crippen LogP contribution is 2.27. The minimum atomic E-state index is 0.367. The smallest absolute Gasteiger partial charge is 0.161 e. The molecule has 4 rings (SSSR count). The molecule has 0 bridgehead atoms. The highest BCUT2D eigenvalue weighted by Gasteiger charge is 2.13. The van der Waals surface area contributed by atoms with E-state index in [1.165, 1.54) is 0 Å². The van der Waals surface area contributed by atoms with Crippen LogP contribution < -0.4 is 5.73 Å². The van der Waals surface area contributed by atoms with Gasteiger partial charge in [0.25, 0.3) is 0 Å². The van der Waals surface area contributed by atoms with Gasteiger partial charge in [-0.1, -0.05) is 23.7 Å². The number of nitrogen functional groups attached to an aromatic ring is 1. The van der Waals surface area contributed by atoms with E-state index in [4.69, 9.17) is 22.6 Å². The number of fused-ring (bicyclic) bond motifs is 1. The number of hydrogen-bond acceptors (Lipinski definition) is 5. The van der Waals surface area contributed by atoms with Crippen LogP contribution in [0.3, 0.4) is 0 Å². The Labute approximate surface area is 177 Å². The highest BCUT2D eigenvalue weighted by molar-refractivity contribution is 6.31. The lowest BCUT2D eigenvalue weighted by Gasteiger charge is -2.02. The third-order valence-electron chi connectivity index (χ3n) is 4.79. The molecule has 0 aliphatic heterocycles. The number of aromatic amines is 1. The maximum atomic E-state index is 9.05. The number of halogens is 1. The highest BCUT2D eigenvalue weighted by atomic mass is 35.5. The first kappa shape index (κ1) is 19.5. The van der Waals surface area contributed by atoms with Crippen molar-refractivity contribution in [3.8, 4) is 23.1 Å². The number of H-pyrrole nitrogens is 1. The number of rotatable bonds is 2. The van der Waals surface area contributed by atoms with Crippen molar-refractivity contribution in [3.05, 3.63) is 64.6 Å². The number of nitrogens with zero attached hydrogens (tertiary/aromatic N) is 6. The van der Waals surface area contributed by atoms with E-state index in [9.17, 15) is 0 Å². The standard InChI is InChI=1S/C21H19ClN8/c1-12-19(22)13(2)30(27-12)18-10-17(24)26-21-16(8-9-25-18)20(29(3)28-21)15-6-4-14(11-23)5-7-15/h4-10H,24H2,1-3H3,(H,26,28). The second-order valence-corrected chi connectivity index (χ2v) is 7.23. The van der Waals surface area contributed by atoms with Crippen molar-refractivity contribution < 1.29 is 0 Å². The van der Waals surface area contributed by atoms with Crippen molar-refractivity contribution in [2.45, 2.75) is 13.8 Å². The van der Waals surface area contributed by atoms with E-state index in [1.54, 1.807) is 33.8 Å². The quantitative estimate of drug-likeness (QED) is 0.510. The predicted molar refractivity (Wildman–Crippen MR) is 117 cm³/mol. The monoisotopic (exact) mass is 418 g/mol. The van der Waals surface area contributed by atoms with Gasteiger partial charge in [0.05, 0.1) is 33.7 Å². The van der Waals surface area contributed by atoms with Crippen molar-refractivity contribution >= 4 is 28.5 Å². The first-order valence-electron chi connectivity index (χ1n) is 9.17. The SMILES string of the molecule is Cc1nn(-c2cc(N)[nH]c3nn(C)c(-c4ccc(C#N)cc4)c3ccn2)c(C)c1Cl. The Morgan fingerprint density at radius 2 is 1.87 bits per heavy atom. The maximum absolute atomic E-state index is 9.05. The van der Waals surface area contributed by atoms with Gasteiger partial charge in [0.15, 0.2) is 11.5 Å². The Kier molecular flexibility index (Phi) is 4.90. The van der Waals surface area contributed by atoms with Crippen LogP contribution in [0.25, 0.3) is 28.1 Å². The first-order chi connectivity index (χ1) is 14.4. The molecule has 0 saturated heterocycles. The molecule has 0 amide bonds. The zero-order valence-electron chi connectivity index (χ0n) is 16.7. The summed E-state index contributed by atoms with van der Waals surface area (Å²) in [6.45, 7) is 3.71. The van der Waals surface area contributed by atoms with E-state index in [0.29, 0.717) is 33.6 Å². The molecule has 0 spiro atoms. The summed E-state index contributed by atoms with van der Waals surface area (Å²) in [5.74, 6) is 0.894. The molecule has 4 aromatic rings. The number of aryl methyl sites for hydroxylation is 2. The number of nitrogens with one attached hydrogen (secondary N) is 1. The second kappa shape index (κ2) is 7.54.